The van der Waals surface area contributed by atoms with Crippen molar-refractivity contribution >= 4 is 23.1 Å². The zero-order valence-electron chi connectivity index (χ0n) is 7.23. The van der Waals surface area contributed by atoms with Gasteiger partial charge in [-0.25, -0.2) is 4.98 Å². The fourth-order valence-corrected chi connectivity index (χ4v) is 2.15. The molecule has 0 amide bonds. The molecule has 0 saturated carbocycles. The van der Waals surface area contributed by atoms with Gasteiger partial charge in [-0.3, -0.25) is 0 Å². The molecule has 0 fully saturated rings. The van der Waals surface area contributed by atoms with Crippen LogP contribution in [0.25, 0.3) is 10.6 Å². The summed E-state index contributed by atoms with van der Waals surface area (Å²) in [6.45, 7) is 0. The topological polar surface area (TPSA) is 12.9 Å². The minimum atomic E-state index is 1.09. The molecule has 2 aromatic rings. The molecule has 0 saturated heterocycles. The molecule has 0 aliphatic carbocycles. The van der Waals surface area contributed by atoms with Crippen LogP contribution in [0.5, 0.6) is 0 Å². The highest BCUT2D eigenvalue weighted by Gasteiger charge is 1.98. The van der Waals surface area contributed by atoms with Crippen LogP contribution in [-0.2, 0) is 0 Å². The van der Waals surface area contributed by atoms with Crippen molar-refractivity contribution in [1.82, 2.24) is 4.98 Å². The quantitative estimate of drug-likeness (QED) is 0.699. The van der Waals surface area contributed by atoms with Crippen LogP contribution in [0.3, 0.4) is 0 Å². The maximum atomic E-state index is 4.25. The second-order valence-electron chi connectivity index (χ2n) is 2.57. The molecule has 66 valence electrons. The highest BCUT2D eigenvalue weighted by Crippen LogP contribution is 2.24. The van der Waals surface area contributed by atoms with Crippen molar-refractivity contribution < 1.29 is 0 Å². The van der Waals surface area contributed by atoms with Gasteiger partial charge in [0, 0.05) is 22.0 Å². The minimum absolute atomic E-state index is 1.09. The van der Waals surface area contributed by atoms with Gasteiger partial charge in [0.15, 0.2) is 0 Å². The SMILES string of the molecule is CSc1ccc(-c2nccs2)cc1. The molecular formula is C10H9NS2. The van der Waals surface area contributed by atoms with E-state index in [0.29, 0.717) is 0 Å². The zero-order valence-corrected chi connectivity index (χ0v) is 8.86. The van der Waals surface area contributed by atoms with Gasteiger partial charge in [0.25, 0.3) is 0 Å². The lowest BCUT2D eigenvalue weighted by Gasteiger charge is -1.97. The predicted octanol–water partition coefficient (Wildman–Crippen LogP) is 3.53. The number of thiazole rings is 1. The monoisotopic (exact) mass is 207 g/mol. The third kappa shape index (κ3) is 1.92. The molecule has 1 heterocycles. The molecule has 1 nitrogen and oxygen atoms in total. The molecule has 0 unspecified atom stereocenters. The molecule has 1 aromatic heterocycles. The second kappa shape index (κ2) is 3.94. The summed E-state index contributed by atoms with van der Waals surface area (Å²) in [6.07, 6.45) is 3.92. The Balaban J connectivity index is 2.33. The summed E-state index contributed by atoms with van der Waals surface area (Å²) >= 11 is 3.43. The van der Waals surface area contributed by atoms with Crippen LogP contribution < -0.4 is 0 Å². The number of benzene rings is 1. The van der Waals surface area contributed by atoms with Crippen LogP contribution in [0.1, 0.15) is 0 Å². The van der Waals surface area contributed by atoms with Gasteiger partial charge in [-0.2, -0.15) is 0 Å². The number of rotatable bonds is 2. The van der Waals surface area contributed by atoms with Crippen LogP contribution in [-0.4, -0.2) is 11.2 Å². The summed E-state index contributed by atoms with van der Waals surface area (Å²) in [4.78, 5) is 5.55. The van der Waals surface area contributed by atoms with E-state index < -0.39 is 0 Å². The maximum Gasteiger partial charge on any atom is 0.123 e. The minimum Gasteiger partial charge on any atom is -0.245 e. The zero-order chi connectivity index (χ0) is 9.10. The van der Waals surface area contributed by atoms with Crippen LogP contribution >= 0.6 is 23.1 Å². The number of thioether (sulfide) groups is 1. The summed E-state index contributed by atoms with van der Waals surface area (Å²) in [6, 6.07) is 8.48. The fraction of sp³-hybridized carbons (Fsp3) is 0.100. The molecule has 3 heteroatoms. The highest BCUT2D eigenvalue weighted by atomic mass is 32.2. The van der Waals surface area contributed by atoms with Gasteiger partial charge >= 0.3 is 0 Å². The first-order valence-corrected chi connectivity index (χ1v) is 6.04. The van der Waals surface area contributed by atoms with Gasteiger partial charge in [-0.05, 0) is 18.4 Å². The maximum absolute atomic E-state index is 4.25. The third-order valence-corrected chi connectivity index (χ3v) is 3.34. The lowest BCUT2D eigenvalue weighted by molar-refractivity contribution is 1.39. The van der Waals surface area contributed by atoms with Gasteiger partial charge in [-0.1, -0.05) is 12.1 Å². The van der Waals surface area contributed by atoms with Crippen molar-refractivity contribution in [2.45, 2.75) is 4.90 Å². The normalized spacial score (nSPS) is 10.2. The van der Waals surface area contributed by atoms with E-state index in [4.69, 9.17) is 0 Å². The molecule has 0 aliphatic heterocycles. The Kier molecular flexibility index (Phi) is 2.66. The Morgan fingerprint density at radius 1 is 1.23 bits per heavy atom. The Morgan fingerprint density at radius 2 is 2.00 bits per heavy atom. The lowest BCUT2D eigenvalue weighted by atomic mass is 10.2. The van der Waals surface area contributed by atoms with Crippen molar-refractivity contribution in [1.29, 1.82) is 0 Å². The van der Waals surface area contributed by atoms with Crippen molar-refractivity contribution in [3.05, 3.63) is 35.8 Å². The van der Waals surface area contributed by atoms with Crippen molar-refractivity contribution in [3.8, 4) is 10.6 Å². The molecule has 0 aliphatic rings. The van der Waals surface area contributed by atoms with E-state index in [1.807, 2.05) is 11.6 Å². The second-order valence-corrected chi connectivity index (χ2v) is 4.34. The van der Waals surface area contributed by atoms with Crippen LogP contribution in [0, 0.1) is 0 Å². The van der Waals surface area contributed by atoms with Crippen LogP contribution in [0.4, 0.5) is 0 Å². The molecule has 2 rings (SSSR count). The predicted molar refractivity (Wildman–Crippen MR) is 59.3 cm³/mol. The molecule has 0 N–H and O–H groups in total. The molecule has 0 atom stereocenters. The first-order chi connectivity index (χ1) is 6.40. The smallest absolute Gasteiger partial charge is 0.123 e. The Hall–Kier alpha value is -0.800. The third-order valence-electron chi connectivity index (χ3n) is 1.77. The van der Waals surface area contributed by atoms with Crippen molar-refractivity contribution in [2.75, 3.05) is 6.26 Å². The van der Waals surface area contributed by atoms with Gasteiger partial charge in [0.2, 0.25) is 0 Å². The molecule has 13 heavy (non-hydrogen) atoms. The number of aromatic nitrogens is 1. The first kappa shape index (κ1) is 8.78. The Bertz CT molecular complexity index is 364. The standard InChI is InChI=1S/C10H9NS2/c1-12-9-4-2-8(3-5-9)10-11-6-7-13-10/h2-7H,1H3. The van der Waals surface area contributed by atoms with E-state index in [0.717, 1.165) is 5.01 Å². The average Bonchev–Trinajstić information content (AvgIpc) is 2.71. The highest BCUT2D eigenvalue weighted by molar-refractivity contribution is 7.98. The summed E-state index contributed by atoms with van der Waals surface area (Å²) < 4.78 is 0. The van der Waals surface area contributed by atoms with E-state index >= 15 is 0 Å². The van der Waals surface area contributed by atoms with Gasteiger partial charge in [0.1, 0.15) is 5.01 Å². The van der Waals surface area contributed by atoms with Gasteiger partial charge in [0.05, 0.1) is 0 Å². The van der Waals surface area contributed by atoms with Gasteiger partial charge in [-0.15, -0.1) is 23.1 Å². The molecule has 0 spiro atoms. The number of hydrogen-bond donors (Lipinski definition) is 0. The molecule has 0 radical (unpaired) electrons. The number of hydrogen-bond acceptors (Lipinski definition) is 3. The lowest BCUT2D eigenvalue weighted by Crippen LogP contribution is -1.75. The molecule has 1 aromatic carbocycles. The fourth-order valence-electron chi connectivity index (χ4n) is 1.10. The van der Waals surface area contributed by atoms with E-state index in [-0.39, 0.29) is 0 Å². The van der Waals surface area contributed by atoms with Gasteiger partial charge < -0.3 is 0 Å². The largest absolute Gasteiger partial charge is 0.245 e. The Labute approximate surface area is 85.8 Å². The van der Waals surface area contributed by atoms with Crippen molar-refractivity contribution in [2.24, 2.45) is 0 Å². The Morgan fingerprint density at radius 3 is 2.54 bits per heavy atom. The summed E-state index contributed by atoms with van der Waals surface area (Å²) in [5, 5.41) is 3.09. The summed E-state index contributed by atoms with van der Waals surface area (Å²) in [5.41, 5.74) is 1.20. The van der Waals surface area contributed by atoms with E-state index in [1.165, 1.54) is 10.5 Å². The first-order valence-electron chi connectivity index (χ1n) is 3.94. The summed E-state index contributed by atoms with van der Waals surface area (Å²) in [5.74, 6) is 0. The van der Waals surface area contributed by atoms with Crippen LogP contribution in [0.15, 0.2) is 40.7 Å². The van der Waals surface area contributed by atoms with Crippen LogP contribution in [0.2, 0.25) is 0 Å². The molecular weight excluding hydrogens is 198 g/mol. The van der Waals surface area contributed by atoms with E-state index in [1.54, 1.807) is 23.1 Å². The average molecular weight is 207 g/mol. The molecule has 0 bridgehead atoms. The van der Waals surface area contributed by atoms with E-state index in [9.17, 15) is 0 Å². The summed E-state index contributed by atoms with van der Waals surface area (Å²) in [7, 11) is 0. The number of nitrogens with zero attached hydrogens (tertiary/aromatic N) is 1. The van der Waals surface area contributed by atoms with Crippen molar-refractivity contribution in [3.63, 3.8) is 0 Å². The van der Waals surface area contributed by atoms with E-state index in [2.05, 4.69) is 35.5 Å².